The van der Waals surface area contributed by atoms with Crippen LogP contribution in [0.25, 0.3) is 0 Å². The molecule has 5 nitrogen and oxygen atoms in total. The maximum Gasteiger partial charge on any atom is 0.246 e. The molecule has 1 saturated heterocycles. The first-order valence-corrected chi connectivity index (χ1v) is 9.23. The van der Waals surface area contributed by atoms with Crippen molar-refractivity contribution >= 4 is 29.1 Å². The molecule has 2 aliphatic rings. The Morgan fingerprint density at radius 1 is 1.36 bits per heavy atom. The van der Waals surface area contributed by atoms with Gasteiger partial charge >= 0.3 is 0 Å². The normalized spacial score (nSPS) is 24.0. The second-order valence-electron chi connectivity index (χ2n) is 7.23. The minimum absolute atomic E-state index is 0.0657. The van der Waals surface area contributed by atoms with Crippen LogP contribution in [0.15, 0.2) is 12.1 Å². The van der Waals surface area contributed by atoms with Gasteiger partial charge in [-0.15, -0.1) is 0 Å². The fourth-order valence-electron chi connectivity index (χ4n) is 3.86. The van der Waals surface area contributed by atoms with Gasteiger partial charge in [-0.2, -0.15) is 0 Å². The fourth-order valence-corrected chi connectivity index (χ4v) is 4.02. The standard InChI is InChI=1S/C19H25ClN2O3/c1-12-10-15(16(25-3)11-14(12)20)22-17(23)8-9-19(22,2)18(24)21-13-6-4-5-7-13/h10-11,13H,4-9H2,1-3H3,(H,21,24). The first-order chi connectivity index (χ1) is 11.9. The number of carbonyl (C=O) groups excluding carboxylic acids is 2. The maximum absolute atomic E-state index is 13.0. The van der Waals surface area contributed by atoms with Crippen molar-refractivity contribution in [2.75, 3.05) is 12.0 Å². The summed E-state index contributed by atoms with van der Waals surface area (Å²) in [6.07, 6.45) is 5.16. The van der Waals surface area contributed by atoms with Gasteiger partial charge in [0.2, 0.25) is 11.8 Å². The molecule has 1 unspecified atom stereocenters. The number of hydrogen-bond donors (Lipinski definition) is 1. The third kappa shape index (κ3) is 3.22. The van der Waals surface area contributed by atoms with Crippen LogP contribution in [-0.4, -0.2) is 30.5 Å². The molecule has 1 N–H and O–H groups in total. The minimum Gasteiger partial charge on any atom is -0.495 e. The molecule has 1 aliphatic carbocycles. The predicted octanol–water partition coefficient (Wildman–Crippen LogP) is 3.60. The highest BCUT2D eigenvalue weighted by atomic mass is 35.5. The smallest absolute Gasteiger partial charge is 0.246 e. The zero-order valence-electron chi connectivity index (χ0n) is 15.0. The van der Waals surface area contributed by atoms with Gasteiger partial charge in [0.1, 0.15) is 11.3 Å². The van der Waals surface area contributed by atoms with Gasteiger partial charge < -0.3 is 10.1 Å². The number of hydrogen-bond acceptors (Lipinski definition) is 3. The Morgan fingerprint density at radius 2 is 2.04 bits per heavy atom. The van der Waals surface area contributed by atoms with Crippen LogP contribution in [0, 0.1) is 6.92 Å². The quantitative estimate of drug-likeness (QED) is 0.888. The number of aryl methyl sites for hydroxylation is 1. The van der Waals surface area contributed by atoms with Crippen molar-refractivity contribution in [3.63, 3.8) is 0 Å². The molecular formula is C19H25ClN2O3. The average molecular weight is 365 g/mol. The molecule has 6 heteroatoms. The van der Waals surface area contributed by atoms with E-state index in [0.717, 1.165) is 31.2 Å². The lowest BCUT2D eigenvalue weighted by atomic mass is 9.96. The van der Waals surface area contributed by atoms with Crippen molar-refractivity contribution in [1.82, 2.24) is 5.32 Å². The highest BCUT2D eigenvalue weighted by molar-refractivity contribution is 6.31. The third-order valence-electron chi connectivity index (χ3n) is 5.45. The monoisotopic (exact) mass is 364 g/mol. The molecular weight excluding hydrogens is 340 g/mol. The summed E-state index contributed by atoms with van der Waals surface area (Å²) in [5.74, 6) is 0.356. The first kappa shape index (κ1) is 18.1. The lowest BCUT2D eigenvalue weighted by Gasteiger charge is -2.35. The zero-order chi connectivity index (χ0) is 18.2. The summed E-state index contributed by atoms with van der Waals surface area (Å²) in [5, 5.41) is 3.72. The topological polar surface area (TPSA) is 58.6 Å². The van der Waals surface area contributed by atoms with Crippen LogP contribution in [0.4, 0.5) is 5.69 Å². The van der Waals surface area contributed by atoms with Gasteiger partial charge in [-0.05, 0) is 44.7 Å². The van der Waals surface area contributed by atoms with E-state index in [9.17, 15) is 9.59 Å². The van der Waals surface area contributed by atoms with Crippen molar-refractivity contribution in [3.8, 4) is 5.75 Å². The third-order valence-corrected chi connectivity index (χ3v) is 5.86. The second-order valence-corrected chi connectivity index (χ2v) is 7.64. The van der Waals surface area contributed by atoms with Crippen molar-refractivity contribution in [2.45, 2.75) is 64.0 Å². The number of nitrogens with one attached hydrogen (secondary N) is 1. The zero-order valence-corrected chi connectivity index (χ0v) is 15.8. The molecule has 1 heterocycles. The van der Waals surface area contributed by atoms with Gasteiger partial charge in [-0.25, -0.2) is 0 Å². The van der Waals surface area contributed by atoms with Crippen molar-refractivity contribution in [3.05, 3.63) is 22.7 Å². The number of rotatable bonds is 4. The van der Waals surface area contributed by atoms with Crippen LogP contribution >= 0.6 is 11.6 Å². The van der Waals surface area contributed by atoms with Gasteiger partial charge in [0.25, 0.3) is 0 Å². The Balaban J connectivity index is 1.96. The molecule has 136 valence electrons. The predicted molar refractivity (Wildman–Crippen MR) is 98.3 cm³/mol. The van der Waals surface area contributed by atoms with E-state index in [0.29, 0.717) is 29.3 Å². The van der Waals surface area contributed by atoms with Crippen LogP contribution < -0.4 is 15.0 Å². The van der Waals surface area contributed by atoms with Crippen LogP contribution in [-0.2, 0) is 9.59 Å². The number of ether oxygens (including phenoxy) is 1. The Morgan fingerprint density at radius 3 is 2.68 bits per heavy atom. The van der Waals surface area contributed by atoms with Crippen molar-refractivity contribution in [2.24, 2.45) is 0 Å². The molecule has 1 atom stereocenters. The number of amides is 2. The summed E-state index contributed by atoms with van der Waals surface area (Å²) in [6, 6.07) is 3.74. The first-order valence-electron chi connectivity index (χ1n) is 8.85. The van der Waals surface area contributed by atoms with E-state index in [1.165, 1.54) is 0 Å². The van der Waals surface area contributed by atoms with Gasteiger partial charge in [0.05, 0.1) is 12.8 Å². The van der Waals surface area contributed by atoms with Gasteiger partial charge in [-0.1, -0.05) is 24.4 Å². The van der Waals surface area contributed by atoms with Crippen molar-refractivity contribution < 1.29 is 14.3 Å². The SMILES string of the molecule is COc1cc(Cl)c(C)cc1N1C(=O)CCC1(C)C(=O)NC1CCCC1. The second kappa shape index (κ2) is 6.87. The molecule has 1 aromatic rings. The van der Waals surface area contributed by atoms with Crippen LogP contribution in [0.1, 0.15) is 51.0 Å². The van der Waals surface area contributed by atoms with Gasteiger partial charge in [0.15, 0.2) is 0 Å². The van der Waals surface area contributed by atoms with E-state index in [1.54, 1.807) is 18.1 Å². The Bertz CT molecular complexity index is 700. The average Bonchev–Trinajstić information content (AvgIpc) is 3.19. The van der Waals surface area contributed by atoms with E-state index < -0.39 is 5.54 Å². The Hall–Kier alpha value is -1.75. The van der Waals surface area contributed by atoms with E-state index in [-0.39, 0.29) is 17.9 Å². The van der Waals surface area contributed by atoms with Crippen LogP contribution in [0.5, 0.6) is 5.75 Å². The molecule has 0 spiro atoms. The summed E-state index contributed by atoms with van der Waals surface area (Å²) in [7, 11) is 1.54. The number of methoxy groups -OCH3 is 1. The van der Waals surface area contributed by atoms with Crippen molar-refractivity contribution in [1.29, 1.82) is 0 Å². The Kier molecular flexibility index (Phi) is 4.96. The number of anilines is 1. The fraction of sp³-hybridized carbons (Fsp3) is 0.579. The van der Waals surface area contributed by atoms with E-state index in [4.69, 9.17) is 16.3 Å². The molecule has 0 bridgehead atoms. The summed E-state index contributed by atoms with van der Waals surface area (Å²) in [4.78, 5) is 27.3. The van der Waals surface area contributed by atoms with E-state index in [2.05, 4.69) is 5.32 Å². The van der Waals surface area contributed by atoms with E-state index >= 15 is 0 Å². The maximum atomic E-state index is 13.0. The minimum atomic E-state index is -0.910. The summed E-state index contributed by atoms with van der Waals surface area (Å²) in [5.41, 5.74) is 0.541. The molecule has 0 aromatic heterocycles. The summed E-state index contributed by atoms with van der Waals surface area (Å²) < 4.78 is 5.44. The molecule has 0 radical (unpaired) electrons. The Labute approximate surface area is 153 Å². The highest BCUT2D eigenvalue weighted by Gasteiger charge is 2.49. The van der Waals surface area contributed by atoms with Gasteiger partial charge in [-0.3, -0.25) is 14.5 Å². The number of benzene rings is 1. The van der Waals surface area contributed by atoms with E-state index in [1.807, 2.05) is 19.9 Å². The lowest BCUT2D eigenvalue weighted by Crippen LogP contribution is -2.56. The lowest BCUT2D eigenvalue weighted by molar-refractivity contribution is -0.127. The largest absolute Gasteiger partial charge is 0.495 e. The molecule has 3 rings (SSSR count). The van der Waals surface area contributed by atoms with Crippen LogP contribution in [0.2, 0.25) is 5.02 Å². The number of halogens is 1. The summed E-state index contributed by atoms with van der Waals surface area (Å²) >= 11 is 6.19. The summed E-state index contributed by atoms with van der Waals surface area (Å²) in [6.45, 7) is 3.72. The molecule has 1 aromatic carbocycles. The molecule has 2 amide bonds. The molecule has 2 fully saturated rings. The molecule has 1 saturated carbocycles. The highest BCUT2D eigenvalue weighted by Crippen LogP contribution is 2.42. The number of nitrogens with zero attached hydrogens (tertiary/aromatic N) is 1. The van der Waals surface area contributed by atoms with Crippen LogP contribution in [0.3, 0.4) is 0 Å². The molecule has 1 aliphatic heterocycles. The molecule has 25 heavy (non-hydrogen) atoms. The van der Waals surface area contributed by atoms with Gasteiger partial charge in [0, 0.05) is 23.6 Å². The number of carbonyl (C=O) groups is 2.